The highest BCUT2D eigenvalue weighted by Crippen LogP contribution is 2.48. The molecule has 0 saturated carbocycles. The minimum Gasteiger partial charge on any atom is -0.505 e. The van der Waals surface area contributed by atoms with Gasteiger partial charge in [0.1, 0.15) is 16.3 Å². The van der Waals surface area contributed by atoms with Crippen LogP contribution in [0.2, 0.25) is 0 Å². The molecule has 0 unspecified atom stereocenters. The summed E-state index contributed by atoms with van der Waals surface area (Å²) in [7, 11) is 0. The van der Waals surface area contributed by atoms with Crippen LogP contribution in [0.4, 0.5) is 0 Å². The number of nitrogens with zero attached hydrogens (tertiary/aromatic N) is 4. The minimum atomic E-state index is 0.0594. The first kappa shape index (κ1) is 19.3. The largest absolute Gasteiger partial charge is 0.505 e. The van der Waals surface area contributed by atoms with Crippen molar-refractivity contribution < 1.29 is 9.52 Å². The van der Waals surface area contributed by atoms with Crippen LogP contribution in [-0.2, 0) is 0 Å². The fourth-order valence-electron chi connectivity index (χ4n) is 3.81. The third kappa shape index (κ3) is 3.35. The third-order valence-electron chi connectivity index (χ3n) is 5.34. The second kappa shape index (κ2) is 7.96. The van der Waals surface area contributed by atoms with Crippen molar-refractivity contribution in [1.82, 2.24) is 20.4 Å². The fourth-order valence-corrected chi connectivity index (χ4v) is 4.76. The van der Waals surface area contributed by atoms with Crippen LogP contribution in [0.25, 0.3) is 54.8 Å². The van der Waals surface area contributed by atoms with E-state index in [1.54, 1.807) is 0 Å². The van der Waals surface area contributed by atoms with Crippen LogP contribution in [0, 0.1) is 0 Å². The van der Waals surface area contributed by atoms with Gasteiger partial charge in [0.05, 0.1) is 5.39 Å². The molecule has 6 rings (SSSR count). The molecule has 3 aromatic carbocycles. The molecule has 0 bridgehead atoms. The summed E-state index contributed by atoms with van der Waals surface area (Å²) in [5, 5.41) is 29.3. The first-order valence-electron chi connectivity index (χ1n) is 10.3. The Labute approximate surface area is 192 Å². The Hall–Kier alpha value is -4.36. The Morgan fingerprint density at radius 3 is 1.85 bits per heavy atom. The molecular weight excluding hydrogens is 432 g/mol. The molecule has 0 radical (unpaired) electrons. The highest BCUT2D eigenvalue weighted by Gasteiger charge is 2.25. The van der Waals surface area contributed by atoms with Crippen molar-refractivity contribution in [3.8, 4) is 50.4 Å². The first-order chi connectivity index (χ1) is 16.3. The molecule has 7 heteroatoms. The first-order valence-corrected chi connectivity index (χ1v) is 11.1. The Kier molecular flexibility index (Phi) is 4.66. The highest BCUT2D eigenvalue weighted by atomic mass is 32.1. The average Bonchev–Trinajstić information content (AvgIpc) is 3.50. The van der Waals surface area contributed by atoms with Crippen molar-refractivity contribution in [1.29, 1.82) is 0 Å². The van der Waals surface area contributed by atoms with Crippen LogP contribution in [-0.4, -0.2) is 25.5 Å². The summed E-state index contributed by atoms with van der Waals surface area (Å²) in [6.07, 6.45) is 0. The van der Waals surface area contributed by atoms with Crippen LogP contribution in [0.5, 0.6) is 5.75 Å². The molecule has 3 heterocycles. The van der Waals surface area contributed by atoms with E-state index in [1.807, 2.05) is 91.0 Å². The number of benzene rings is 3. The maximum atomic E-state index is 11.4. The number of hydrogen-bond acceptors (Lipinski definition) is 7. The lowest BCUT2D eigenvalue weighted by atomic mass is 9.97. The van der Waals surface area contributed by atoms with Crippen LogP contribution in [0.15, 0.2) is 95.4 Å². The van der Waals surface area contributed by atoms with Gasteiger partial charge in [0.25, 0.3) is 5.89 Å². The lowest BCUT2D eigenvalue weighted by Crippen LogP contribution is -1.93. The monoisotopic (exact) mass is 448 g/mol. The standard InChI is InChI=1S/C26H16N4O2S/c31-22-20-19(16-10-4-1-5-11-16)21(17-12-6-2-7-13-17)27-30-26(20)33-23(22)25-29-28-24(32-25)18-14-8-3-9-15-18/h1-15,31H. The molecule has 6 nitrogen and oxygen atoms in total. The van der Waals surface area contributed by atoms with Crippen LogP contribution in [0.3, 0.4) is 0 Å². The van der Waals surface area contributed by atoms with E-state index >= 15 is 0 Å². The van der Waals surface area contributed by atoms with E-state index in [1.165, 1.54) is 11.3 Å². The van der Waals surface area contributed by atoms with Crippen molar-refractivity contribution in [3.63, 3.8) is 0 Å². The quantitative estimate of drug-likeness (QED) is 0.334. The Morgan fingerprint density at radius 1 is 0.606 bits per heavy atom. The Balaban J connectivity index is 1.58. The minimum absolute atomic E-state index is 0.0594. The molecule has 0 aliphatic carbocycles. The summed E-state index contributed by atoms with van der Waals surface area (Å²) >= 11 is 1.28. The summed E-state index contributed by atoms with van der Waals surface area (Å²) in [5.74, 6) is 0.695. The summed E-state index contributed by atoms with van der Waals surface area (Å²) in [6.45, 7) is 0. The van der Waals surface area contributed by atoms with E-state index in [0.29, 0.717) is 26.7 Å². The zero-order valence-electron chi connectivity index (χ0n) is 17.2. The van der Waals surface area contributed by atoms with Crippen LogP contribution < -0.4 is 0 Å². The maximum Gasteiger partial charge on any atom is 0.262 e. The topological polar surface area (TPSA) is 84.9 Å². The Bertz CT molecular complexity index is 1560. The third-order valence-corrected chi connectivity index (χ3v) is 6.39. The second-order valence-electron chi connectivity index (χ2n) is 7.39. The molecule has 0 spiro atoms. The number of aromatic nitrogens is 4. The molecule has 1 N–H and O–H groups in total. The SMILES string of the molecule is Oc1c(-c2nnc(-c3ccccc3)o2)sc2nnc(-c3ccccc3)c(-c3ccccc3)c12. The lowest BCUT2D eigenvalue weighted by molar-refractivity contribution is 0.482. The van der Waals surface area contributed by atoms with Crippen molar-refractivity contribution in [2.75, 3.05) is 0 Å². The summed E-state index contributed by atoms with van der Waals surface area (Å²) in [6, 6.07) is 29.2. The summed E-state index contributed by atoms with van der Waals surface area (Å²) in [4.78, 5) is 1.07. The predicted octanol–water partition coefficient (Wildman–Crippen LogP) is 6.45. The molecule has 0 aliphatic heterocycles. The molecule has 0 amide bonds. The van der Waals surface area contributed by atoms with Gasteiger partial charge < -0.3 is 9.52 Å². The van der Waals surface area contributed by atoms with Crippen LogP contribution in [0.1, 0.15) is 0 Å². The van der Waals surface area contributed by atoms with E-state index in [9.17, 15) is 5.11 Å². The Morgan fingerprint density at radius 2 is 1.18 bits per heavy atom. The second-order valence-corrected chi connectivity index (χ2v) is 8.39. The molecular formula is C26H16N4O2S. The van der Waals surface area contributed by atoms with Gasteiger partial charge in [0.2, 0.25) is 5.89 Å². The van der Waals surface area contributed by atoms with Gasteiger partial charge in [0.15, 0.2) is 4.83 Å². The van der Waals surface area contributed by atoms with Crippen molar-refractivity contribution in [3.05, 3.63) is 91.0 Å². The van der Waals surface area contributed by atoms with Crippen molar-refractivity contribution in [2.24, 2.45) is 0 Å². The molecule has 0 aliphatic rings. The van der Waals surface area contributed by atoms with Gasteiger partial charge in [0, 0.05) is 16.7 Å². The molecule has 3 aromatic heterocycles. The van der Waals surface area contributed by atoms with Gasteiger partial charge in [-0.3, -0.25) is 0 Å². The zero-order valence-corrected chi connectivity index (χ0v) is 18.0. The van der Waals surface area contributed by atoms with Gasteiger partial charge in [-0.15, -0.1) is 31.7 Å². The molecule has 0 atom stereocenters. The average molecular weight is 449 g/mol. The van der Waals surface area contributed by atoms with Gasteiger partial charge in [-0.25, -0.2) is 0 Å². The number of rotatable bonds is 4. The predicted molar refractivity (Wildman–Crippen MR) is 129 cm³/mol. The van der Waals surface area contributed by atoms with Crippen molar-refractivity contribution >= 4 is 21.6 Å². The number of hydrogen-bond donors (Lipinski definition) is 1. The number of aromatic hydroxyl groups is 1. The van der Waals surface area contributed by atoms with Crippen LogP contribution >= 0.6 is 11.3 Å². The van der Waals surface area contributed by atoms with Gasteiger partial charge >= 0.3 is 0 Å². The van der Waals surface area contributed by atoms with E-state index in [2.05, 4.69) is 20.4 Å². The molecule has 0 fully saturated rings. The maximum absolute atomic E-state index is 11.4. The van der Waals surface area contributed by atoms with Crippen molar-refractivity contribution in [2.45, 2.75) is 0 Å². The zero-order chi connectivity index (χ0) is 22.2. The molecule has 6 aromatic rings. The van der Waals surface area contributed by atoms with Gasteiger partial charge in [-0.1, -0.05) is 78.9 Å². The normalized spacial score (nSPS) is 11.2. The number of thiophene rings is 1. The van der Waals surface area contributed by atoms with Gasteiger partial charge in [-0.2, -0.15) is 0 Å². The smallest absolute Gasteiger partial charge is 0.262 e. The van der Waals surface area contributed by atoms with E-state index < -0.39 is 0 Å². The highest BCUT2D eigenvalue weighted by molar-refractivity contribution is 7.22. The molecule has 0 saturated heterocycles. The summed E-state index contributed by atoms with van der Waals surface area (Å²) in [5.41, 5.74) is 4.18. The lowest BCUT2D eigenvalue weighted by Gasteiger charge is -2.10. The summed E-state index contributed by atoms with van der Waals surface area (Å²) < 4.78 is 5.91. The van der Waals surface area contributed by atoms with E-state index in [4.69, 9.17) is 4.42 Å². The number of fused-ring (bicyclic) bond motifs is 1. The van der Waals surface area contributed by atoms with Gasteiger partial charge in [-0.05, 0) is 17.7 Å². The van der Waals surface area contributed by atoms with E-state index in [0.717, 1.165) is 22.3 Å². The van der Waals surface area contributed by atoms with E-state index in [-0.39, 0.29) is 11.6 Å². The fraction of sp³-hybridized carbons (Fsp3) is 0. The molecule has 33 heavy (non-hydrogen) atoms. The molecule has 158 valence electrons.